The Bertz CT molecular complexity index is 1450. The molecule has 0 spiro atoms. The molecule has 8 heteroatoms. The van der Waals surface area contributed by atoms with Gasteiger partial charge in [-0.15, -0.1) is 0 Å². The smallest absolute Gasteiger partial charge is 0.165 e. The predicted octanol–water partition coefficient (Wildman–Crippen LogP) is 6.07. The molecule has 2 aromatic heterocycles. The van der Waals surface area contributed by atoms with Gasteiger partial charge >= 0.3 is 0 Å². The summed E-state index contributed by atoms with van der Waals surface area (Å²) in [6, 6.07) is 14.8. The zero-order chi connectivity index (χ0) is 26.2. The molecular weight excluding hydrogens is 496 g/mol. The van der Waals surface area contributed by atoms with E-state index in [4.69, 9.17) is 27.1 Å². The van der Waals surface area contributed by atoms with Crippen molar-refractivity contribution in [2.24, 2.45) is 0 Å². The normalized spacial score (nSPS) is 17.3. The molecule has 38 heavy (non-hydrogen) atoms. The third kappa shape index (κ3) is 4.58. The maximum Gasteiger partial charge on any atom is 0.165 e. The molecule has 2 aliphatic heterocycles. The van der Waals surface area contributed by atoms with Crippen LogP contribution in [0, 0.1) is 6.92 Å². The zero-order valence-corrected chi connectivity index (χ0v) is 22.9. The van der Waals surface area contributed by atoms with E-state index in [2.05, 4.69) is 33.1 Å². The molecule has 0 saturated carbocycles. The lowest BCUT2D eigenvalue weighted by atomic mass is 9.98. The summed E-state index contributed by atoms with van der Waals surface area (Å²) in [6.45, 7) is 6.63. The van der Waals surface area contributed by atoms with Crippen molar-refractivity contribution in [2.45, 2.75) is 45.1 Å². The third-order valence-electron chi connectivity index (χ3n) is 8.19. The number of piperidine rings is 2. The van der Waals surface area contributed by atoms with Crippen molar-refractivity contribution < 1.29 is 4.74 Å². The minimum Gasteiger partial charge on any atom is -0.496 e. The summed E-state index contributed by atoms with van der Waals surface area (Å²) in [4.78, 5) is 10.2. The van der Waals surface area contributed by atoms with E-state index in [9.17, 15) is 0 Å². The summed E-state index contributed by atoms with van der Waals surface area (Å²) >= 11 is 6.26. The number of nitrogens with zero attached hydrogens (tertiary/aromatic N) is 5. The van der Waals surface area contributed by atoms with E-state index in [1.54, 1.807) is 11.6 Å². The van der Waals surface area contributed by atoms with Crippen molar-refractivity contribution in [3.8, 4) is 28.0 Å². The fraction of sp³-hybridized carbons (Fsp3) is 0.400. The number of halogens is 1. The van der Waals surface area contributed by atoms with Crippen molar-refractivity contribution in [3.05, 3.63) is 59.4 Å². The van der Waals surface area contributed by atoms with E-state index in [1.807, 2.05) is 37.4 Å². The van der Waals surface area contributed by atoms with Gasteiger partial charge in [0.25, 0.3) is 0 Å². The number of hydrogen-bond donors (Lipinski definition) is 1. The van der Waals surface area contributed by atoms with Crippen LogP contribution in [0.25, 0.3) is 27.9 Å². The Labute approximate surface area is 229 Å². The molecule has 2 fully saturated rings. The van der Waals surface area contributed by atoms with E-state index >= 15 is 0 Å². The lowest BCUT2D eigenvalue weighted by molar-refractivity contribution is 0.141. The molecule has 0 radical (unpaired) electrons. The molecule has 2 N–H and O–H groups in total. The first kappa shape index (κ1) is 25.0. The number of anilines is 2. The first-order valence-electron chi connectivity index (χ1n) is 13.6. The Morgan fingerprint density at radius 1 is 0.974 bits per heavy atom. The lowest BCUT2D eigenvalue weighted by Crippen LogP contribution is -2.46. The highest BCUT2D eigenvalue weighted by molar-refractivity contribution is 6.30. The molecule has 0 aliphatic carbocycles. The molecule has 6 rings (SSSR count). The van der Waals surface area contributed by atoms with Crippen LogP contribution in [0.1, 0.15) is 37.8 Å². The molecule has 0 amide bonds. The van der Waals surface area contributed by atoms with Gasteiger partial charge in [-0.3, -0.25) is 0 Å². The van der Waals surface area contributed by atoms with Crippen LogP contribution in [-0.4, -0.2) is 58.8 Å². The zero-order valence-electron chi connectivity index (χ0n) is 22.2. The van der Waals surface area contributed by atoms with Crippen LogP contribution in [0.3, 0.4) is 0 Å². The molecule has 0 bridgehead atoms. The minimum absolute atomic E-state index is 0.538. The van der Waals surface area contributed by atoms with E-state index in [0.29, 0.717) is 22.5 Å². The second-order valence-corrected chi connectivity index (χ2v) is 10.9. The standard InChI is InChI=1S/C30H35ClN6O/c1-20-28(21-7-6-8-22(31)17-21)29(32)37-30(34-20)26(19-33-37)25-18-24(9-10-27(25)38-2)36-15-11-23(12-16-36)35-13-4-3-5-14-35/h6-10,17-19,23H,3-5,11-16,32H2,1-2H3. The highest BCUT2D eigenvalue weighted by Gasteiger charge is 2.26. The van der Waals surface area contributed by atoms with E-state index in [0.717, 1.165) is 46.8 Å². The summed E-state index contributed by atoms with van der Waals surface area (Å²) in [5, 5.41) is 5.30. The first-order chi connectivity index (χ1) is 18.5. The van der Waals surface area contributed by atoms with Crippen molar-refractivity contribution in [1.29, 1.82) is 0 Å². The molecule has 2 saturated heterocycles. The van der Waals surface area contributed by atoms with Gasteiger partial charge in [0.1, 0.15) is 11.6 Å². The van der Waals surface area contributed by atoms with Crippen LogP contribution < -0.4 is 15.4 Å². The van der Waals surface area contributed by atoms with Crippen molar-refractivity contribution in [2.75, 3.05) is 43.9 Å². The maximum atomic E-state index is 6.66. The van der Waals surface area contributed by atoms with Crippen molar-refractivity contribution >= 4 is 28.8 Å². The first-order valence-corrected chi connectivity index (χ1v) is 14.0. The molecule has 2 aliphatic rings. The van der Waals surface area contributed by atoms with Gasteiger partial charge in [-0.25, -0.2) is 4.98 Å². The van der Waals surface area contributed by atoms with Crippen LogP contribution in [0.4, 0.5) is 11.5 Å². The minimum atomic E-state index is 0.538. The van der Waals surface area contributed by atoms with Gasteiger partial charge in [-0.05, 0) is 81.6 Å². The fourth-order valence-electron chi connectivity index (χ4n) is 6.20. The molecule has 7 nitrogen and oxygen atoms in total. The summed E-state index contributed by atoms with van der Waals surface area (Å²) in [5.74, 6) is 1.33. The van der Waals surface area contributed by atoms with Gasteiger partial charge in [-0.1, -0.05) is 30.2 Å². The van der Waals surface area contributed by atoms with Gasteiger partial charge in [0.2, 0.25) is 0 Å². The molecule has 2 aromatic carbocycles. The Balaban J connectivity index is 1.33. The number of rotatable bonds is 5. The van der Waals surface area contributed by atoms with E-state index < -0.39 is 0 Å². The van der Waals surface area contributed by atoms with Gasteiger partial charge in [0, 0.05) is 41.0 Å². The number of ether oxygens (including phenoxy) is 1. The van der Waals surface area contributed by atoms with Gasteiger partial charge in [0.05, 0.1) is 24.6 Å². The molecule has 4 aromatic rings. The number of aryl methyl sites for hydroxylation is 1. The number of nitrogens with two attached hydrogens (primary N) is 1. The maximum absolute atomic E-state index is 6.66. The SMILES string of the molecule is COc1ccc(N2CCC(N3CCCCC3)CC2)cc1-c1cnn2c(N)c(-c3cccc(Cl)c3)c(C)nc12. The second-order valence-electron chi connectivity index (χ2n) is 10.5. The van der Waals surface area contributed by atoms with Crippen LogP contribution in [0.5, 0.6) is 5.75 Å². The van der Waals surface area contributed by atoms with Crippen LogP contribution in [-0.2, 0) is 0 Å². The summed E-state index contributed by atoms with van der Waals surface area (Å²) in [6.07, 6.45) is 8.34. The Morgan fingerprint density at radius 2 is 1.76 bits per heavy atom. The molecule has 0 atom stereocenters. The van der Waals surface area contributed by atoms with Crippen molar-refractivity contribution in [1.82, 2.24) is 19.5 Å². The number of benzene rings is 2. The van der Waals surface area contributed by atoms with Crippen LogP contribution >= 0.6 is 11.6 Å². The number of fused-ring (bicyclic) bond motifs is 1. The largest absolute Gasteiger partial charge is 0.496 e. The van der Waals surface area contributed by atoms with Gasteiger partial charge in [0.15, 0.2) is 5.65 Å². The lowest BCUT2D eigenvalue weighted by Gasteiger charge is -2.41. The highest BCUT2D eigenvalue weighted by atomic mass is 35.5. The Morgan fingerprint density at radius 3 is 2.50 bits per heavy atom. The number of hydrogen-bond acceptors (Lipinski definition) is 6. The van der Waals surface area contributed by atoms with Crippen molar-refractivity contribution in [3.63, 3.8) is 0 Å². The predicted molar refractivity (Wildman–Crippen MR) is 155 cm³/mol. The second kappa shape index (κ2) is 10.5. The quantitative estimate of drug-likeness (QED) is 0.337. The fourth-order valence-corrected chi connectivity index (χ4v) is 6.39. The monoisotopic (exact) mass is 530 g/mol. The molecular formula is C30H35ClN6O. The third-order valence-corrected chi connectivity index (χ3v) is 8.42. The number of aromatic nitrogens is 3. The summed E-state index contributed by atoms with van der Waals surface area (Å²) < 4.78 is 7.50. The average molecular weight is 531 g/mol. The molecule has 4 heterocycles. The topological polar surface area (TPSA) is 71.9 Å². The van der Waals surface area contributed by atoms with E-state index in [1.165, 1.54) is 50.9 Å². The van der Waals surface area contributed by atoms with E-state index in [-0.39, 0.29) is 0 Å². The molecule has 198 valence electrons. The summed E-state index contributed by atoms with van der Waals surface area (Å²) in [5.41, 5.74) is 13.0. The number of nitrogen functional groups attached to an aromatic ring is 1. The van der Waals surface area contributed by atoms with Gasteiger partial charge in [-0.2, -0.15) is 9.61 Å². The van der Waals surface area contributed by atoms with Crippen LogP contribution in [0.15, 0.2) is 48.7 Å². The highest BCUT2D eigenvalue weighted by Crippen LogP contribution is 2.39. The number of methoxy groups -OCH3 is 1. The Hall–Kier alpha value is -3.29. The summed E-state index contributed by atoms with van der Waals surface area (Å²) in [7, 11) is 1.71. The average Bonchev–Trinajstić information content (AvgIpc) is 3.37. The van der Waals surface area contributed by atoms with Gasteiger partial charge < -0.3 is 20.3 Å². The van der Waals surface area contributed by atoms with Crippen LogP contribution in [0.2, 0.25) is 5.02 Å². The molecule has 0 unspecified atom stereocenters. The Kier molecular flexibility index (Phi) is 6.89. The number of likely N-dealkylation sites (tertiary alicyclic amines) is 1.